The maximum atomic E-state index is 12.4. The fourth-order valence-corrected chi connectivity index (χ4v) is 26.3. The number of ether oxygens (including phenoxy) is 6. The van der Waals surface area contributed by atoms with Crippen molar-refractivity contribution in [1.29, 1.82) is 5.26 Å². The predicted octanol–water partition coefficient (Wildman–Crippen LogP) is 17.2. The van der Waals surface area contributed by atoms with Crippen LogP contribution in [0.1, 0.15) is 159 Å². The Bertz CT molecular complexity index is 6110. The van der Waals surface area contributed by atoms with Crippen LogP contribution in [0, 0.1) is 58.7 Å². The second kappa shape index (κ2) is 37.6. The van der Waals surface area contributed by atoms with Crippen LogP contribution < -0.4 is 4.74 Å². The number of benzene rings is 5. The zero-order valence-corrected chi connectivity index (χ0v) is 79.0. The molecule has 10 saturated heterocycles. The smallest absolute Gasteiger partial charge is 0.332 e. The lowest BCUT2D eigenvalue weighted by molar-refractivity contribution is -0.149. The summed E-state index contributed by atoms with van der Waals surface area (Å²) in [6.07, 6.45) is 44.2. The Morgan fingerprint density at radius 3 is 1.21 bits per heavy atom. The number of piperidine rings is 5. The van der Waals surface area contributed by atoms with E-state index in [9.17, 15) is 24.0 Å². The number of nitriles is 1. The van der Waals surface area contributed by atoms with Gasteiger partial charge in [0.1, 0.15) is 5.75 Å². The fourth-order valence-electron chi connectivity index (χ4n) is 25.3. The zero-order chi connectivity index (χ0) is 84.4. The van der Waals surface area contributed by atoms with E-state index in [4.69, 9.17) is 33.7 Å². The number of esters is 5. The van der Waals surface area contributed by atoms with Crippen LogP contribution in [0.15, 0.2) is 205 Å². The quantitative estimate of drug-likeness (QED) is 0.0413. The van der Waals surface area contributed by atoms with E-state index in [1.54, 1.807) is 37.5 Å². The largest absolute Gasteiger partial charge is 0.497 e. The zero-order valence-electron chi connectivity index (χ0n) is 72.8. The van der Waals surface area contributed by atoms with E-state index in [0.717, 1.165) is 193 Å². The third kappa shape index (κ3) is 16.2. The van der Waals surface area contributed by atoms with Crippen LogP contribution in [0.25, 0.3) is 32.3 Å². The van der Waals surface area contributed by atoms with E-state index in [0.29, 0.717) is 60.8 Å². The lowest BCUT2D eigenvalue weighted by Gasteiger charge is -2.38. The highest BCUT2D eigenvalue weighted by molar-refractivity contribution is 14.1. The van der Waals surface area contributed by atoms with Crippen molar-refractivity contribution in [3.05, 3.63) is 217 Å². The molecule has 15 aliphatic heterocycles. The molecule has 670 valence electrons. The minimum absolute atomic E-state index is 0. The molecule has 5 aromatic rings. The summed E-state index contributed by atoms with van der Waals surface area (Å²) in [5, 5.41) is 15.7. The van der Waals surface area contributed by atoms with Crippen LogP contribution in [-0.4, -0.2) is 208 Å². The Morgan fingerprint density at radius 1 is 0.403 bits per heavy atom. The SMILES string of the molecule is CN(C)CC#CC1=C[C@@H]2C[C@@]3(OC(=O)C=C13)[C@H]1CCCCN21.COc1ccc2cc(C#CC3=C[C@@H]4C[C@@]5(OC(=O)C=C35)[C@H]3CCCCN43)ccc2c1.Cl.Cl.Cl.Cl.Cl.N#CCCCC#CC1=C[C@@H]2C[C@@]3(OC(=O)C=C13)[C@H]1CCCCN21.O=C1C=C2C(C#Cc3cc4ccccc4c4ccccc34)=C[C@@H]3C[C@@]2(O1)[C@H]1CCCCN31.O=C1C=C2C(I)=C[C@@H]3C[C@@]2(O1)[C@H]1CCCCN31. The Morgan fingerprint density at radius 2 is 0.775 bits per heavy atom. The van der Waals surface area contributed by atoms with Gasteiger partial charge in [0.15, 0.2) is 28.0 Å². The fraction of sp³-hybridized carbons (Fsp3) is 0.448. The number of unbranched alkanes of at least 4 members (excludes halogenated alkanes) is 2. The molecule has 0 radical (unpaired) electrons. The molecule has 0 amide bonds. The lowest BCUT2D eigenvalue weighted by Crippen LogP contribution is -2.48. The van der Waals surface area contributed by atoms with Gasteiger partial charge in [-0.2, -0.15) is 5.26 Å². The Balaban J connectivity index is 0.000000119. The Labute approximate surface area is 800 Å². The molecular formula is C105H107Cl5IN7O11. The van der Waals surface area contributed by atoms with Gasteiger partial charge in [-0.25, -0.2) is 24.0 Å². The third-order valence-corrected chi connectivity index (χ3v) is 31.2. The number of carbonyl (C=O) groups is 5. The molecule has 20 aliphatic rings. The number of fused-ring (bicyclic) bond motifs is 19. The van der Waals surface area contributed by atoms with Crippen molar-refractivity contribution in [2.75, 3.05) is 60.5 Å². The highest BCUT2D eigenvalue weighted by Gasteiger charge is 2.67. The van der Waals surface area contributed by atoms with Crippen LogP contribution in [0.4, 0.5) is 0 Å². The van der Waals surface area contributed by atoms with E-state index in [1.165, 1.54) is 90.4 Å². The van der Waals surface area contributed by atoms with Crippen LogP contribution in [0.3, 0.4) is 0 Å². The van der Waals surface area contributed by atoms with Crippen LogP contribution in [0.5, 0.6) is 5.75 Å². The summed E-state index contributed by atoms with van der Waals surface area (Å²) in [6.45, 7) is 6.23. The van der Waals surface area contributed by atoms with Gasteiger partial charge in [-0.05, 0) is 203 Å². The summed E-state index contributed by atoms with van der Waals surface area (Å²) in [7, 11) is 5.70. The number of hydrogen-bond acceptors (Lipinski definition) is 18. The molecule has 129 heavy (non-hydrogen) atoms. The molecule has 15 atom stereocenters. The van der Waals surface area contributed by atoms with Crippen LogP contribution in [-0.2, 0) is 47.7 Å². The number of nitrogens with zero attached hydrogens (tertiary/aromatic N) is 7. The van der Waals surface area contributed by atoms with E-state index in [-0.39, 0.29) is 104 Å². The molecule has 10 fully saturated rings. The average Bonchev–Trinajstić information content (AvgIpc) is 1.61. The third-order valence-electron chi connectivity index (χ3n) is 30.2. The molecule has 18 nitrogen and oxygen atoms in total. The predicted molar refractivity (Wildman–Crippen MR) is 518 cm³/mol. The molecule has 5 aliphatic carbocycles. The second-order valence-corrected chi connectivity index (χ2v) is 38.4. The minimum Gasteiger partial charge on any atom is -0.497 e. The maximum absolute atomic E-state index is 12.4. The molecular weight excluding hydrogens is 1840 g/mol. The summed E-state index contributed by atoms with van der Waals surface area (Å²) >= 11 is 2.36. The number of halogens is 6. The van der Waals surface area contributed by atoms with E-state index in [1.807, 2.05) is 32.3 Å². The number of methoxy groups -OCH3 is 1. The monoisotopic (exact) mass is 1940 g/mol. The summed E-state index contributed by atoms with van der Waals surface area (Å²) in [6, 6.07) is 37.0. The molecule has 24 heteroatoms. The highest BCUT2D eigenvalue weighted by atomic mass is 127. The Hall–Kier alpha value is -8.90. The molecule has 0 saturated carbocycles. The van der Waals surface area contributed by atoms with Gasteiger partial charge >= 0.3 is 29.8 Å². The molecule has 10 bridgehead atoms. The molecule has 5 aromatic carbocycles. The van der Waals surface area contributed by atoms with E-state index >= 15 is 0 Å². The number of carbonyl (C=O) groups excluding carboxylic acids is 5. The van der Waals surface area contributed by atoms with Crippen LogP contribution >= 0.6 is 84.6 Å². The summed E-state index contributed by atoms with van der Waals surface area (Å²) < 4.78 is 36.1. The summed E-state index contributed by atoms with van der Waals surface area (Å²) in [5.41, 5.74) is 8.94. The normalized spacial score (nSPS) is 31.9. The molecule has 0 unspecified atom stereocenters. The standard InChI is InChI=1S/C29H23NO2.C26H23NO3.C19H20N2O2.C18H22N2O2.C13H14INO2.5ClH/c31-28-17-26-21(16-22-18-29(26,32-28)27-11-5-6-14-30(22)27)13-12-20-15-19-7-1-2-8-23(19)25-10-4-3-9-24(20)25;1-29-22-10-9-18-12-17(5-7-19(18)14-22)6-8-20-13-21-16-26(23(20)15-25(28)30-26)24-4-2-3-11-27(21)24;20-9-5-2-1-3-7-14-11-15-13-19(16(14)12-18(22)23-19)17-8-4-6-10-21(15)17;1-19(2)8-5-6-13-10-14-12-18(15(13)11-17(21)22-18)16-7-3-4-9-20(14)16;14-10-5-8-7-13(9(10)6-12(16)17-13)11-3-1-2-4-15(8)11;;;;;/h1-4,7-10,15-17,22,27H,5-6,11,14,18H2;5,7,9-10,12-15,21,24H,2-4,11,16H2,1H3;11-12,15,17H,1-2,4-6,8,10,13H2;10-11,14,16H,3-4,7-9,12H2,1-2H3;5-6,8,11H,1-4,7H2;5*1H/t22-,27-,29+;21-,24-,26+;15-,17-,19+;14-,16-,18+;8-,11-,13+;;;;;/m11111...../s1. The van der Waals surface area contributed by atoms with Gasteiger partial charge in [-0.3, -0.25) is 29.4 Å². The average molecular weight is 1950 g/mol. The van der Waals surface area contributed by atoms with Crippen molar-refractivity contribution in [3.8, 4) is 59.2 Å². The lowest BCUT2D eigenvalue weighted by atomic mass is 9.77. The van der Waals surface area contributed by atoms with Crippen molar-refractivity contribution < 1.29 is 52.4 Å². The van der Waals surface area contributed by atoms with Gasteiger partial charge in [0.05, 0.1) is 49.9 Å². The van der Waals surface area contributed by atoms with Crippen molar-refractivity contribution in [2.24, 2.45) is 0 Å². The highest BCUT2D eigenvalue weighted by Crippen LogP contribution is 2.60. The topological polar surface area (TPSA) is 184 Å². The first-order valence-electron chi connectivity index (χ1n) is 45.3. The van der Waals surface area contributed by atoms with Crippen molar-refractivity contribution >= 4 is 147 Å². The van der Waals surface area contributed by atoms with Crippen molar-refractivity contribution in [1.82, 2.24) is 29.4 Å². The van der Waals surface area contributed by atoms with Gasteiger partial charge in [-0.15, -0.1) is 62.0 Å². The molecule has 15 heterocycles. The van der Waals surface area contributed by atoms with Crippen molar-refractivity contribution in [3.63, 3.8) is 0 Å². The first-order chi connectivity index (χ1) is 60.4. The van der Waals surface area contributed by atoms with E-state index in [2.05, 4.69) is 209 Å². The second-order valence-electron chi connectivity index (χ2n) is 37.3. The van der Waals surface area contributed by atoms with Gasteiger partial charge in [0.2, 0.25) is 0 Å². The van der Waals surface area contributed by atoms with Crippen LogP contribution in [0.2, 0.25) is 0 Å². The molecule has 25 rings (SSSR count). The summed E-state index contributed by atoms with van der Waals surface area (Å²) in [4.78, 5) is 75.1. The number of hydrogen-bond donors (Lipinski definition) is 0. The molecule has 0 aromatic heterocycles. The van der Waals surface area contributed by atoms with Gasteiger partial charge < -0.3 is 28.4 Å². The van der Waals surface area contributed by atoms with E-state index < -0.39 is 22.4 Å². The van der Waals surface area contributed by atoms with Gasteiger partial charge in [-0.1, -0.05) is 171 Å². The Kier molecular flexibility index (Phi) is 27.2. The minimum atomic E-state index is -0.494. The van der Waals surface area contributed by atoms with Crippen molar-refractivity contribution in [2.45, 2.75) is 236 Å². The van der Waals surface area contributed by atoms with Gasteiger partial charge in [0.25, 0.3) is 0 Å². The number of rotatable bonds is 4. The first-order valence-corrected chi connectivity index (χ1v) is 46.3. The molecule has 0 N–H and O–H groups in total. The summed E-state index contributed by atoms with van der Waals surface area (Å²) in [5.74, 6) is 26.5. The van der Waals surface area contributed by atoms with Gasteiger partial charge in [0, 0.05) is 170 Å². The molecule has 5 spiro atoms. The maximum Gasteiger partial charge on any atom is 0.332 e. The first kappa shape index (κ1) is 93.3.